The second-order valence-electron chi connectivity index (χ2n) is 5.62. The Morgan fingerprint density at radius 3 is 2.67 bits per heavy atom. The molecule has 0 aliphatic rings. The maximum atomic E-state index is 13.0. The third-order valence-corrected chi connectivity index (χ3v) is 4.90. The maximum Gasteiger partial charge on any atom is 0.418 e. The van der Waals surface area contributed by atoms with Gasteiger partial charge in [0.05, 0.1) is 23.5 Å². The molecule has 2 aromatic heterocycles. The number of hydrogen-bond donors (Lipinski definition) is 2. The van der Waals surface area contributed by atoms with Crippen LogP contribution in [0.15, 0.2) is 48.8 Å². The topological polar surface area (TPSA) is 66.9 Å². The van der Waals surface area contributed by atoms with E-state index in [9.17, 15) is 18.0 Å². The number of aryl methyl sites for hydroxylation is 1. The average molecular weight is 392 g/mol. The molecule has 0 bridgehead atoms. The number of benzene rings is 1. The summed E-state index contributed by atoms with van der Waals surface area (Å²) in [5, 5.41) is 5.58. The van der Waals surface area contributed by atoms with Crippen molar-refractivity contribution in [3.63, 3.8) is 0 Å². The molecule has 27 heavy (non-hydrogen) atoms. The van der Waals surface area contributed by atoms with Gasteiger partial charge in [0.2, 0.25) is 0 Å². The number of nitrogens with one attached hydrogen (secondary N) is 2. The van der Waals surface area contributed by atoms with E-state index in [-0.39, 0.29) is 12.2 Å². The van der Waals surface area contributed by atoms with Gasteiger partial charge in [0.25, 0.3) is 0 Å². The van der Waals surface area contributed by atoms with Gasteiger partial charge in [-0.05, 0) is 31.2 Å². The van der Waals surface area contributed by atoms with E-state index in [1.54, 1.807) is 18.5 Å². The molecule has 2 heterocycles. The van der Waals surface area contributed by atoms with Gasteiger partial charge in [-0.15, -0.1) is 11.3 Å². The standard InChI is InChI=1S/C18H15F3N4OS/c1-11-15(27-16(24-11)12-5-4-8-22-9-12)10-23-17(26)25-14-7-3-2-6-13(14)18(19,20)21/h2-9H,10H2,1H3,(H2,23,25,26). The van der Waals surface area contributed by atoms with E-state index >= 15 is 0 Å². The normalized spacial score (nSPS) is 11.3. The van der Waals surface area contributed by atoms with Gasteiger partial charge in [-0.2, -0.15) is 13.2 Å². The predicted molar refractivity (Wildman–Crippen MR) is 97.4 cm³/mol. The molecule has 3 rings (SSSR count). The van der Waals surface area contributed by atoms with Gasteiger partial charge in [-0.3, -0.25) is 4.98 Å². The Balaban J connectivity index is 1.66. The minimum Gasteiger partial charge on any atom is -0.333 e. The fourth-order valence-electron chi connectivity index (χ4n) is 2.37. The van der Waals surface area contributed by atoms with Crippen molar-refractivity contribution < 1.29 is 18.0 Å². The highest BCUT2D eigenvalue weighted by Gasteiger charge is 2.33. The molecule has 140 valence electrons. The Morgan fingerprint density at radius 2 is 1.96 bits per heavy atom. The Bertz CT molecular complexity index is 941. The molecule has 0 saturated heterocycles. The molecule has 0 aliphatic carbocycles. The van der Waals surface area contributed by atoms with Crippen LogP contribution in [0.25, 0.3) is 10.6 Å². The summed E-state index contributed by atoms with van der Waals surface area (Å²) >= 11 is 1.39. The van der Waals surface area contributed by atoms with Crippen molar-refractivity contribution in [1.82, 2.24) is 15.3 Å². The Kier molecular flexibility index (Phi) is 5.41. The third-order valence-electron chi connectivity index (χ3n) is 3.69. The van der Waals surface area contributed by atoms with Crippen molar-refractivity contribution in [2.24, 2.45) is 0 Å². The zero-order valence-electron chi connectivity index (χ0n) is 14.2. The Labute approximate surface area is 157 Å². The van der Waals surface area contributed by atoms with Crippen molar-refractivity contribution in [3.05, 3.63) is 64.9 Å². The van der Waals surface area contributed by atoms with Crippen molar-refractivity contribution >= 4 is 23.1 Å². The zero-order chi connectivity index (χ0) is 19.4. The number of amides is 2. The molecule has 5 nitrogen and oxygen atoms in total. The smallest absolute Gasteiger partial charge is 0.333 e. The van der Waals surface area contributed by atoms with Crippen molar-refractivity contribution in [2.45, 2.75) is 19.6 Å². The van der Waals surface area contributed by atoms with Gasteiger partial charge >= 0.3 is 12.2 Å². The van der Waals surface area contributed by atoms with Crippen LogP contribution < -0.4 is 10.6 Å². The number of carbonyl (C=O) groups is 1. The zero-order valence-corrected chi connectivity index (χ0v) is 15.0. The first-order valence-electron chi connectivity index (χ1n) is 7.92. The van der Waals surface area contributed by atoms with Crippen molar-refractivity contribution in [1.29, 1.82) is 0 Å². The molecule has 9 heteroatoms. The van der Waals surface area contributed by atoms with E-state index in [2.05, 4.69) is 20.6 Å². The highest BCUT2D eigenvalue weighted by Crippen LogP contribution is 2.34. The molecule has 2 amide bonds. The number of halogens is 3. The third kappa shape index (κ3) is 4.62. The summed E-state index contributed by atoms with van der Waals surface area (Å²) in [5.41, 5.74) is 0.419. The summed E-state index contributed by atoms with van der Waals surface area (Å²) < 4.78 is 38.9. The monoisotopic (exact) mass is 392 g/mol. The van der Waals surface area contributed by atoms with E-state index in [0.717, 1.165) is 27.2 Å². The number of alkyl halides is 3. The van der Waals surface area contributed by atoms with Gasteiger partial charge < -0.3 is 10.6 Å². The fourth-order valence-corrected chi connectivity index (χ4v) is 3.36. The Hall–Kier alpha value is -2.94. The van der Waals surface area contributed by atoms with Gasteiger partial charge in [-0.25, -0.2) is 9.78 Å². The maximum absolute atomic E-state index is 13.0. The van der Waals surface area contributed by atoms with Gasteiger partial charge in [0.15, 0.2) is 0 Å². The number of hydrogen-bond acceptors (Lipinski definition) is 4. The van der Waals surface area contributed by atoms with Crippen LogP contribution in [0.5, 0.6) is 0 Å². The minimum atomic E-state index is -4.54. The summed E-state index contributed by atoms with van der Waals surface area (Å²) in [6, 6.07) is 7.79. The molecular formula is C18H15F3N4OS. The number of pyridine rings is 1. The number of anilines is 1. The molecule has 0 unspecified atom stereocenters. The van der Waals surface area contributed by atoms with Crippen LogP contribution in [0.4, 0.5) is 23.7 Å². The van der Waals surface area contributed by atoms with Crippen LogP contribution in [0.1, 0.15) is 16.1 Å². The summed E-state index contributed by atoms with van der Waals surface area (Å²) in [6.07, 6.45) is -1.19. The highest BCUT2D eigenvalue weighted by atomic mass is 32.1. The lowest BCUT2D eigenvalue weighted by Crippen LogP contribution is -2.29. The predicted octanol–water partition coefficient (Wildman–Crippen LogP) is 4.85. The number of rotatable bonds is 4. The lowest BCUT2D eigenvalue weighted by molar-refractivity contribution is -0.136. The fraction of sp³-hybridized carbons (Fsp3) is 0.167. The van der Waals surface area contributed by atoms with E-state index in [1.165, 1.54) is 29.5 Å². The van der Waals surface area contributed by atoms with E-state index in [0.29, 0.717) is 0 Å². The first-order valence-corrected chi connectivity index (χ1v) is 8.74. The quantitative estimate of drug-likeness (QED) is 0.667. The van der Waals surface area contributed by atoms with Crippen LogP contribution in [0.2, 0.25) is 0 Å². The largest absolute Gasteiger partial charge is 0.418 e. The lowest BCUT2D eigenvalue weighted by Gasteiger charge is -2.13. The average Bonchev–Trinajstić information content (AvgIpc) is 3.01. The van der Waals surface area contributed by atoms with E-state index in [4.69, 9.17) is 0 Å². The SMILES string of the molecule is Cc1nc(-c2cccnc2)sc1CNC(=O)Nc1ccccc1C(F)(F)F. The molecule has 0 fully saturated rings. The summed E-state index contributed by atoms with van der Waals surface area (Å²) in [6.45, 7) is 1.97. The number of nitrogens with zero attached hydrogens (tertiary/aromatic N) is 2. The van der Waals surface area contributed by atoms with Gasteiger partial charge in [0, 0.05) is 22.8 Å². The van der Waals surface area contributed by atoms with Crippen molar-refractivity contribution in [2.75, 3.05) is 5.32 Å². The number of carbonyl (C=O) groups excluding carboxylic acids is 1. The van der Waals surface area contributed by atoms with Crippen molar-refractivity contribution in [3.8, 4) is 10.6 Å². The molecule has 0 saturated carbocycles. The van der Waals surface area contributed by atoms with Crippen LogP contribution in [-0.4, -0.2) is 16.0 Å². The lowest BCUT2D eigenvalue weighted by atomic mass is 10.1. The van der Waals surface area contributed by atoms with E-state index < -0.39 is 17.8 Å². The molecule has 1 aromatic carbocycles. The molecule has 0 atom stereocenters. The second-order valence-corrected chi connectivity index (χ2v) is 6.70. The number of urea groups is 1. The van der Waals surface area contributed by atoms with Gasteiger partial charge in [-0.1, -0.05) is 12.1 Å². The summed E-state index contributed by atoms with van der Waals surface area (Å²) in [5.74, 6) is 0. The van der Waals surface area contributed by atoms with E-state index in [1.807, 2.05) is 13.0 Å². The van der Waals surface area contributed by atoms with Crippen LogP contribution in [0, 0.1) is 6.92 Å². The highest BCUT2D eigenvalue weighted by molar-refractivity contribution is 7.15. The van der Waals surface area contributed by atoms with Gasteiger partial charge in [0.1, 0.15) is 5.01 Å². The molecule has 2 N–H and O–H groups in total. The molecular weight excluding hydrogens is 377 g/mol. The molecule has 3 aromatic rings. The number of para-hydroxylation sites is 1. The molecule has 0 aliphatic heterocycles. The summed E-state index contributed by atoms with van der Waals surface area (Å²) in [7, 11) is 0. The molecule has 0 spiro atoms. The minimum absolute atomic E-state index is 0.157. The summed E-state index contributed by atoms with van der Waals surface area (Å²) in [4.78, 5) is 21.3. The van der Waals surface area contributed by atoms with Crippen LogP contribution in [0.3, 0.4) is 0 Å². The molecule has 0 radical (unpaired) electrons. The first-order chi connectivity index (χ1) is 12.8. The Morgan fingerprint density at radius 1 is 1.19 bits per heavy atom. The number of thiazole rings is 1. The first kappa shape index (κ1) is 18.8. The second kappa shape index (κ2) is 7.75. The van der Waals surface area contributed by atoms with Crippen LogP contribution >= 0.6 is 11.3 Å². The number of aromatic nitrogens is 2. The van der Waals surface area contributed by atoms with Crippen LogP contribution in [-0.2, 0) is 12.7 Å².